The van der Waals surface area contributed by atoms with E-state index in [1.807, 2.05) is 20.0 Å². The molecule has 0 unspecified atom stereocenters. The van der Waals surface area contributed by atoms with Crippen LogP contribution in [0.25, 0.3) is 0 Å². The first-order valence-corrected chi connectivity index (χ1v) is 10.8. The van der Waals surface area contributed by atoms with Gasteiger partial charge < -0.3 is 10.2 Å². The molecule has 0 aromatic heterocycles. The average molecular weight is 486 g/mol. The lowest BCUT2D eigenvalue weighted by atomic mass is 10.2. The van der Waals surface area contributed by atoms with E-state index in [9.17, 15) is 8.42 Å². The van der Waals surface area contributed by atoms with Crippen molar-refractivity contribution in [1.29, 1.82) is 0 Å². The van der Waals surface area contributed by atoms with Gasteiger partial charge in [0.1, 0.15) is 0 Å². The van der Waals surface area contributed by atoms with Crippen LogP contribution < -0.4 is 5.32 Å². The van der Waals surface area contributed by atoms with E-state index < -0.39 is 10.0 Å². The monoisotopic (exact) mass is 486 g/mol. The highest BCUT2D eigenvalue weighted by molar-refractivity contribution is 14.0. The molecular formula is C17H35IN4O2S. The van der Waals surface area contributed by atoms with Crippen molar-refractivity contribution in [2.24, 2.45) is 4.99 Å². The van der Waals surface area contributed by atoms with Gasteiger partial charge in [0, 0.05) is 32.7 Å². The first-order chi connectivity index (χ1) is 11.4. The molecule has 6 nitrogen and oxygen atoms in total. The third-order valence-electron chi connectivity index (χ3n) is 4.30. The summed E-state index contributed by atoms with van der Waals surface area (Å²) in [6.45, 7) is 8.69. The zero-order valence-electron chi connectivity index (χ0n) is 15.9. The third kappa shape index (κ3) is 9.23. The lowest BCUT2D eigenvalue weighted by Crippen LogP contribution is -2.41. The third-order valence-corrected chi connectivity index (χ3v) is 5.63. The number of hydrogen-bond acceptors (Lipinski definition) is 3. The van der Waals surface area contributed by atoms with Gasteiger partial charge in [0.15, 0.2) is 5.96 Å². The van der Waals surface area contributed by atoms with Gasteiger partial charge >= 0.3 is 0 Å². The summed E-state index contributed by atoms with van der Waals surface area (Å²) in [6.07, 6.45) is 9.61. The predicted octanol–water partition coefficient (Wildman–Crippen LogP) is 2.67. The minimum atomic E-state index is -3.13. The summed E-state index contributed by atoms with van der Waals surface area (Å²) in [5.41, 5.74) is 0. The fourth-order valence-electron chi connectivity index (χ4n) is 3.01. The summed E-state index contributed by atoms with van der Waals surface area (Å²) in [5.74, 6) is 0.863. The van der Waals surface area contributed by atoms with Gasteiger partial charge in [-0.05, 0) is 39.0 Å². The van der Waals surface area contributed by atoms with Gasteiger partial charge in [-0.2, -0.15) is 4.31 Å². The molecule has 1 aliphatic rings. The SMILES string of the molecule is C=CCCCCCN(C)C(=NC[C@H]1CCCN1S(C)(=O)=O)NCC.I. The Hall–Kier alpha value is -0.350. The summed E-state index contributed by atoms with van der Waals surface area (Å²) in [7, 11) is -1.09. The largest absolute Gasteiger partial charge is 0.357 e. The van der Waals surface area contributed by atoms with Crippen LogP contribution >= 0.6 is 24.0 Å². The molecular weight excluding hydrogens is 451 g/mol. The van der Waals surface area contributed by atoms with E-state index >= 15 is 0 Å². The molecule has 1 N–H and O–H groups in total. The van der Waals surface area contributed by atoms with E-state index in [0.717, 1.165) is 44.7 Å². The second kappa shape index (κ2) is 12.9. The Morgan fingerprint density at radius 1 is 1.40 bits per heavy atom. The Morgan fingerprint density at radius 3 is 2.72 bits per heavy atom. The Labute approximate surface area is 171 Å². The zero-order valence-corrected chi connectivity index (χ0v) is 19.1. The lowest BCUT2D eigenvalue weighted by molar-refractivity contribution is 0.393. The van der Waals surface area contributed by atoms with Crippen LogP contribution in [-0.4, -0.2) is 69.1 Å². The molecule has 0 bridgehead atoms. The van der Waals surface area contributed by atoms with Gasteiger partial charge in [-0.1, -0.05) is 12.5 Å². The van der Waals surface area contributed by atoms with Crippen LogP contribution in [-0.2, 0) is 10.0 Å². The highest BCUT2D eigenvalue weighted by Crippen LogP contribution is 2.20. The van der Waals surface area contributed by atoms with Gasteiger partial charge in [0.05, 0.1) is 12.8 Å². The number of hydrogen-bond donors (Lipinski definition) is 1. The van der Waals surface area contributed by atoms with Crippen molar-refractivity contribution >= 4 is 40.0 Å². The second-order valence-corrected chi connectivity index (χ2v) is 8.36. The average Bonchev–Trinajstić information content (AvgIpc) is 2.99. The van der Waals surface area contributed by atoms with Crippen LogP contribution in [0.2, 0.25) is 0 Å². The number of aliphatic imine (C=N–C) groups is 1. The Kier molecular flexibility index (Phi) is 12.7. The molecule has 1 saturated heterocycles. The van der Waals surface area contributed by atoms with E-state index in [0.29, 0.717) is 13.1 Å². The molecule has 0 aromatic carbocycles. The van der Waals surface area contributed by atoms with E-state index in [2.05, 4.69) is 21.8 Å². The number of nitrogens with zero attached hydrogens (tertiary/aromatic N) is 3. The van der Waals surface area contributed by atoms with Crippen molar-refractivity contribution in [1.82, 2.24) is 14.5 Å². The molecule has 1 fully saturated rings. The number of halogens is 1. The molecule has 1 atom stereocenters. The summed E-state index contributed by atoms with van der Waals surface area (Å²) >= 11 is 0. The number of unbranched alkanes of at least 4 members (excludes halogenated alkanes) is 3. The van der Waals surface area contributed by atoms with E-state index in [-0.39, 0.29) is 30.0 Å². The molecule has 1 heterocycles. The van der Waals surface area contributed by atoms with Crippen molar-refractivity contribution in [3.63, 3.8) is 0 Å². The van der Waals surface area contributed by atoms with Crippen LogP contribution in [0, 0.1) is 0 Å². The summed E-state index contributed by atoms with van der Waals surface area (Å²) in [4.78, 5) is 6.82. The molecule has 0 saturated carbocycles. The molecule has 148 valence electrons. The Morgan fingerprint density at radius 2 is 2.12 bits per heavy atom. The quantitative estimate of drug-likeness (QED) is 0.170. The first kappa shape index (κ1) is 24.7. The molecule has 0 radical (unpaired) electrons. The first-order valence-electron chi connectivity index (χ1n) is 8.97. The molecule has 1 aliphatic heterocycles. The van der Waals surface area contributed by atoms with Crippen LogP contribution in [0.3, 0.4) is 0 Å². The summed E-state index contributed by atoms with van der Waals surface area (Å²) in [6, 6.07) is -0.00496. The van der Waals surface area contributed by atoms with Gasteiger partial charge in [-0.15, -0.1) is 30.6 Å². The van der Waals surface area contributed by atoms with Crippen molar-refractivity contribution < 1.29 is 8.42 Å². The van der Waals surface area contributed by atoms with Crippen LogP contribution in [0.4, 0.5) is 0 Å². The molecule has 0 amide bonds. The maximum Gasteiger partial charge on any atom is 0.211 e. The minimum absolute atomic E-state index is 0. The fraction of sp³-hybridized carbons (Fsp3) is 0.824. The topological polar surface area (TPSA) is 65.0 Å². The second-order valence-electron chi connectivity index (χ2n) is 6.42. The maximum absolute atomic E-state index is 11.8. The molecule has 8 heteroatoms. The van der Waals surface area contributed by atoms with Gasteiger partial charge in [-0.3, -0.25) is 4.99 Å². The smallest absolute Gasteiger partial charge is 0.211 e. The highest BCUT2D eigenvalue weighted by Gasteiger charge is 2.31. The van der Waals surface area contributed by atoms with Gasteiger partial charge in [-0.25, -0.2) is 8.42 Å². The summed E-state index contributed by atoms with van der Waals surface area (Å²) < 4.78 is 25.2. The van der Waals surface area contributed by atoms with Crippen molar-refractivity contribution in [2.45, 2.75) is 51.5 Å². The standard InChI is InChI=1S/C17H34N4O2S.HI/c1-5-7-8-9-10-13-20(3)17(18-6-2)19-15-16-12-11-14-21(16)24(4,22)23;/h5,16H,1,6-15H2,2-4H3,(H,18,19);1H/t16-;/m1./s1. The normalized spacial score (nSPS) is 18.7. The molecule has 1 rings (SSSR count). The van der Waals surface area contributed by atoms with E-state index in [4.69, 9.17) is 0 Å². The molecule has 0 aliphatic carbocycles. The van der Waals surface area contributed by atoms with E-state index in [1.54, 1.807) is 4.31 Å². The molecule has 25 heavy (non-hydrogen) atoms. The zero-order chi connectivity index (χ0) is 18.0. The van der Waals surface area contributed by atoms with Crippen molar-refractivity contribution in [2.75, 3.05) is 39.5 Å². The van der Waals surface area contributed by atoms with Crippen molar-refractivity contribution in [3.8, 4) is 0 Å². The number of allylic oxidation sites excluding steroid dienone is 1. The van der Waals surface area contributed by atoms with Crippen LogP contribution in [0.15, 0.2) is 17.6 Å². The van der Waals surface area contributed by atoms with Gasteiger partial charge in [0.25, 0.3) is 0 Å². The highest BCUT2D eigenvalue weighted by atomic mass is 127. The lowest BCUT2D eigenvalue weighted by Gasteiger charge is -2.24. The van der Waals surface area contributed by atoms with Crippen molar-refractivity contribution in [3.05, 3.63) is 12.7 Å². The number of rotatable bonds is 10. The molecule has 0 aromatic rings. The minimum Gasteiger partial charge on any atom is -0.357 e. The van der Waals surface area contributed by atoms with Crippen LogP contribution in [0.1, 0.15) is 45.4 Å². The number of nitrogens with one attached hydrogen (secondary N) is 1. The fourth-order valence-corrected chi connectivity index (χ4v) is 4.18. The van der Waals surface area contributed by atoms with Crippen LogP contribution in [0.5, 0.6) is 0 Å². The van der Waals surface area contributed by atoms with E-state index in [1.165, 1.54) is 19.1 Å². The Balaban J connectivity index is 0.00000576. The predicted molar refractivity (Wildman–Crippen MR) is 117 cm³/mol. The summed E-state index contributed by atoms with van der Waals surface area (Å²) in [5, 5.41) is 3.30. The number of guanidine groups is 1. The molecule has 0 spiro atoms. The van der Waals surface area contributed by atoms with Gasteiger partial charge in [0.2, 0.25) is 10.0 Å². The number of sulfonamides is 1. The maximum atomic E-state index is 11.8. The Bertz CT molecular complexity index is 511.